The summed E-state index contributed by atoms with van der Waals surface area (Å²) in [6.45, 7) is 0.161. The Morgan fingerprint density at radius 2 is 1.77 bits per heavy atom. The van der Waals surface area contributed by atoms with Gasteiger partial charge in [-0.2, -0.15) is 13.2 Å². The number of amides is 1. The highest BCUT2D eigenvalue weighted by Crippen LogP contribution is 2.41. The average Bonchev–Trinajstić information content (AvgIpc) is 2.78. The van der Waals surface area contributed by atoms with Crippen LogP contribution in [0.4, 0.5) is 13.2 Å². The molecule has 1 aliphatic rings. The SMILES string of the molecule is CS(=O)(=O)c1cccc(CCN(C(=O)C(F)(F)F)[C@H]2CC[C@@](CN)(c3cccc(Cl)c3)CC2)c1.Cl. The lowest BCUT2D eigenvalue weighted by atomic mass is 9.68. The van der Waals surface area contributed by atoms with Crippen LogP contribution < -0.4 is 5.73 Å². The molecule has 5 nitrogen and oxygen atoms in total. The largest absolute Gasteiger partial charge is 0.471 e. The third-order valence-electron chi connectivity index (χ3n) is 6.65. The summed E-state index contributed by atoms with van der Waals surface area (Å²) >= 11 is 6.14. The van der Waals surface area contributed by atoms with E-state index in [-0.39, 0.29) is 30.3 Å². The summed E-state index contributed by atoms with van der Waals surface area (Å²) in [5, 5.41) is 0.567. The number of benzene rings is 2. The Bertz CT molecular complexity index is 1130. The van der Waals surface area contributed by atoms with Crippen molar-refractivity contribution in [2.45, 2.75) is 54.6 Å². The van der Waals surface area contributed by atoms with Crippen molar-refractivity contribution in [2.75, 3.05) is 19.3 Å². The molecular weight excluding hydrogens is 524 g/mol. The first-order valence-corrected chi connectivity index (χ1v) is 13.3. The Morgan fingerprint density at radius 1 is 1.14 bits per heavy atom. The molecule has 0 aliphatic heterocycles. The standard InChI is InChI=1S/C24H28ClF3N2O3S.ClH/c1-34(32,33)21-7-2-4-17(14-21)10-13-30(22(31)24(26,27)28)20-8-11-23(16-29,12-9-20)18-5-3-6-19(25)15-18;/h2-7,14-15,20H,8-13,16,29H2,1H3;1H/t20-,23+;. The zero-order valence-electron chi connectivity index (χ0n) is 19.2. The highest BCUT2D eigenvalue weighted by Gasteiger charge is 2.46. The van der Waals surface area contributed by atoms with Gasteiger partial charge < -0.3 is 10.6 Å². The van der Waals surface area contributed by atoms with E-state index in [2.05, 4.69) is 0 Å². The van der Waals surface area contributed by atoms with Gasteiger partial charge in [-0.1, -0.05) is 35.9 Å². The number of carbonyl (C=O) groups excluding carboxylic acids is 1. The minimum atomic E-state index is -5.00. The van der Waals surface area contributed by atoms with Crippen molar-refractivity contribution < 1.29 is 26.4 Å². The van der Waals surface area contributed by atoms with Gasteiger partial charge in [0.1, 0.15) is 0 Å². The molecule has 35 heavy (non-hydrogen) atoms. The smallest absolute Gasteiger partial charge is 0.332 e. The predicted molar refractivity (Wildman–Crippen MR) is 133 cm³/mol. The first kappa shape index (κ1) is 29.4. The third-order valence-corrected chi connectivity index (χ3v) is 8.00. The van der Waals surface area contributed by atoms with Crippen LogP contribution in [0.15, 0.2) is 53.4 Å². The summed E-state index contributed by atoms with van der Waals surface area (Å²) in [5.41, 5.74) is 7.20. The number of nitrogens with zero attached hydrogens (tertiary/aromatic N) is 1. The van der Waals surface area contributed by atoms with E-state index in [4.69, 9.17) is 17.3 Å². The number of carbonyl (C=O) groups is 1. The first-order valence-electron chi connectivity index (χ1n) is 11.0. The van der Waals surface area contributed by atoms with Gasteiger partial charge in [-0.05, 0) is 67.5 Å². The van der Waals surface area contributed by atoms with Gasteiger partial charge in [0.2, 0.25) is 0 Å². The van der Waals surface area contributed by atoms with E-state index in [0.29, 0.717) is 42.8 Å². The molecule has 11 heteroatoms. The summed E-state index contributed by atoms with van der Waals surface area (Å²) in [6, 6.07) is 12.8. The molecular formula is C24H29Cl2F3N2O3S. The zero-order chi connectivity index (χ0) is 25.1. The highest BCUT2D eigenvalue weighted by molar-refractivity contribution is 7.90. The lowest BCUT2D eigenvalue weighted by Gasteiger charge is -2.43. The fourth-order valence-electron chi connectivity index (χ4n) is 4.69. The van der Waals surface area contributed by atoms with Crippen LogP contribution >= 0.6 is 24.0 Å². The maximum absolute atomic E-state index is 13.4. The lowest BCUT2D eigenvalue weighted by Crippen LogP contribution is -2.51. The van der Waals surface area contributed by atoms with Crippen molar-refractivity contribution in [3.05, 3.63) is 64.7 Å². The molecule has 0 unspecified atom stereocenters. The summed E-state index contributed by atoms with van der Waals surface area (Å²) in [5.74, 6) is -1.88. The molecule has 0 heterocycles. The van der Waals surface area contributed by atoms with Crippen molar-refractivity contribution in [2.24, 2.45) is 5.73 Å². The van der Waals surface area contributed by atoms with E-state index in [1.54, 1.807) is 18.2 Å². The summed E-state index contributed by atoms with van der Waals surface area (Å²) in [7, 11) is -3.45. The van der Waals surface area contributed by atoms with Crippen LogP contribution in [0.1, 0.15) is 36.8 Å². The minimum Gasteiger partial charge on any atom is -0.332 e. The van der Waals surface area contributed by atoms with Crippen LogP contribution in [0.5, 0.6) is 0 Å². The van der Waals surface area contributed by atoms with Gasteiger partial charge in [0.25, 0.3) is 0 Å². The number of alkyl halides is 3. The summed E-state index contributed by atoms with van der Waals surface area (Å²) in [6.07, 6.45) is -2.03. The molecule has 0 aromatic heterocycles. The van der Waals surface area contributed by atoms with E-state index < -0.39 is 33.4 Å². The summed E-state index contributed by atoms with van der Waals surface area (Å²) < 4.78 is 63.9. The van der Waals surface area contributed by atoms with Crippen molar-refractivity contribution >= 4 is 39.8 Å². The topological polar surface area (TPSA) is 80.5 Å². The molecule has 1 amide bonds. The van der Waals surface area contributed by atoms with Crippen molar-refractivity contribution in [1.29, 1.82) is 0 Å². The molecule has 2 N–H and O–H groups in total. The second-order valence-corrected chi connectivity index (χ2v) is 11.3. The van der Waals surface area contributed by atoms with Gasteiger partial charge >= 0.3 is 12.1 Å². The number of sulfone groups is 1. The molecule has 0 bridgehead atoms. The average molecular weight is 553 g/mol. The Kier molecular flexibility index (Phi) is 9.66. The Hall–Kier alpha value is -1.81. The highest BCUT2D eigenvalue weighted by atomic mass is 35.5. The summed E-state index contributed by atoms with van der Waals surface area (Å²) in [4.78, 5) is 13.3. The van der Waals surface area contributed by atoms with E-state index in [0.717, 1.165) is 16.7 Å². The fraction of sp³-hybridized carbons (Fsp3) is 0.458. The molecule has 1 saturated carbocycles. The monoisotopic (exact) mass is 552 g/mol. The Labute approximate surface area is 215 Å². The van der Waals surface area contributed by atoms with Gasteiger partial charge in [-0.15, -0.1) is 12.4 Å². The molecule has 0 atom stereocenters. The quantitative estimate of drug-likeness (QED) is 0.527. The van der Waals surface area contributed by atoms with Gasteiger partial charge in [-0.25, -0.2) is 8.42 Å². The Morgan fingerprint density at radius 3 is 2.31 bits per heavy atom. The molecule has 194 valence electrons. The van der Waals surface area contributed by atoms with Crippen molar-refractivity contribution in [3.8, 4) is 0 Å². The van der Waals surface area contributed by atoms with E-state index in [1.165, 1.54) is 12.1 Å². The van der Waals surface area contributed by atoms with Crippen LogP contribution in [0, 0.1) is 0 Å². The number of rotatable bonds is 7. The van der Waals surface area contributed by atoms with Gasteiger partial charge in [0.05, 0.1) is 4.90 Å². The lowest BCUT2D eigenvalue weighted by molar-refractivity contribution is -0.188. The molecule has 1 fully saturated rings. The van der Waals surface area contributed by atoms with Gasteiger partial charge in [0, 0.05) is 35.8 Å². The maximum Gasteiger partial charge on any atom is 0.471 e. The molecule has 0 radical (unpaired) electrons. The maximum atomic E-state index is 13.4. The molecule has 0 saturated heterocycles. The second kappa shape index (κ2) is 11.5. The van der Waals surface area contributed by atoms with E-state index >= 15 is 0 Å². The number of hydrogen-bond donors (Lipinski definition) is 1. The van der Waals surface area contributed by atoms with Crippen molar-refractivity contribution in [3.63, 3.8) is 0 Å². The number of hydrogen-bond acceptors (Lipinski definition) is 4. The molecule has 1 aliphatic carbocycles. The minimum absolute atomic E-state index is 0. The van der Waals surface area contributed by atoms with Crippen LogP contribution in [0.2, 0.25) is 5.02 Å². The molecule has 2 aromatic carbocycles. The van der Waals surface area contributed by atoms with E-state index in [1.807, 2.05) is 18.2 Å². The van der Waals surface area contributed by atoms with Crippen LogP contribution in [-0.2, 0) is 26.5 Å². The fourth-order valence-corrected chi connectivity index (χ4v) is 5.57. The third kappa shape index (κ3) is 7.12. The molecule has 0 spiro atoms. The normalized spacial score (nSPS) is 20.7. The van der Waals surface area contributed by atoms with Crippen LogP contribution in [-0.4, -0.2) is 50.8 Å². The van der Waals surface area contributed by atoms with Crippen LogP contribution in [0.25, 0.3) is 0 Å². The second-order valence-electron chi connectivity index (χ2n) is 8.89. The Balaban J connectivity index is 0.00000432. The predicted octanol–water partition coefficient (Wildman–Crippen LogP) is 4.94. The van der Waals surface area contributed by atoms with Crippen LogP contribution in [0.3, 0.4) is 0 Å². The molecule has 3 rings (SSSR count). The van der Waals surface area contributed by atoms with Crippen molar-refractivity contribution in [1.82, 2.24) is 4.90 Å². The zero-order valence-corrected chi connectivity index (χ0v) is 21.6. The number of nitrogens with two attached hydrogens (primary N) is 1. The molecule has 2 aromatic rings. The van der Waals surface area contributed by atoms with Gasteiger partial charge in [0.15, 0.2) is 9.84 Å². The van der Waals surface area contributed by atoms with Gasteiger partial charge in [-0.3, -0.25) is 4.79 Å². The first-order chi connectivity index (χ1) is 15.9. The number of halogens is 5. The van der Waals surface area contributed by atoms with E-state index in [9.17, 15) is 26.4 Å².